The molecule has 0 fully saturated rings. The second-order valence-electron chi connectivity index (χ2n) is 4.30. The van der Waals surface area contributed by atoms with Gasteiger partial charge >= 0.3 is 0 Å². The van der Waals surface area contributed by atoms with Crippen LogP contribution in [0.1, 0.15) is 25.8 Å². The summed E-state index contributed by atoms with van der Waals surface area (Å²) in [7, 11) is 1.63. The second-order valence-corrected chi connectivity index (χ2v) is 4.30. The molecule has 0 saturated heterocycles. The highest BCUT2D eigenvalue weighted by molar-refractivity contribution is 5.75. The van der Waals surface area contributed by atoms with Crippen molar-refractivity contribution in [1.82, 2.24) is 10.6 Å². The molecule has 1 aromatic rings. The van der Waals surface area contributed by atoms with Gasteiger partial charge in [-0.05, 0) is 31.5 Å². The summed E-state index contributed by atoms with van der Waals surface area (Å²) in [6.45, 7) is 6.49. The lowest BCUT2D eigenvalue weighted by Gasteiger charge is -2.11. The largest absolute Gasteiger partial charge is 0.493 e. The molecule has 112 valence electrons. The summed E-state index contributed by atoms with van der Waals surface area (Å²) in [4.78, 5) is 11.3. The first-order valence-electron chi connectivity index (χ1n) is 6.98. The lowest BCUT2D eigenvalue weighted by molar-refractivity contribution is -0.120. The Labute approximate surface area is 120 Å². The fourth-order valence-corrected chi connectivity index (χ4v) is 1.82. The van der Waals surface area contributed by atoms with Gasteiger partial charge in [-0.3, -0.25) is 4.79 Å². The Bertz CT molecular complexity index is 422. The highest BCUT2D eigenvalue weighted by Crippen LogP contribution is 2.27. The Morgan fingerprint density at radius 3 is 2.70 bits per heavy atom. The molecule has 20 heavy (non-hydrogen) atoms. The standard InChI is InChI=1S/C15H24N2O3/c1-4-17-15(18)8-9-16-11-12-6-7-13(19-3)14(10-12)20-5-2/h6-7,10,16H,4-5,8-9,11H2,1-3H3,(H,17,18). The van der Waals surface area contributed by atoms with E-state index >= 15 is 0 Å². The smallest absolute Gasteiger partial charge is 0.221 e. The number of amides is 1. The van der Waals surface area contributed by atoms with Crippen molar-refractivity contribution in [2.75, 3.05) is 26.8 Å². The number of carbonyl (C=O) groups excluding carboxylic acids is 1. The number of carbonyl (C=O) groups is 1. The maximum atomic E-state index is 11.3. The molecule has 0 unspecified atom stereocenters. The maximum absolute atomic E-state index is 11.3. The summed E-state index contributed by atoms with van der Waals surface area (Å²) in [6.07, 6.45) is 0.488. The van der Waals surface area contributed by atoms with Crippen molar-refractivity contribution in [3.05, 3.63) is 23.8 Å². The first-order valence-corrected chi connectivity index (χ1v) is 6.98. The van der Waals surface area contributed by atoms with Crippen LogP contribution >= 0.6 is 0 Å². The van der Waals surface area contributed by atoms with Crippen molar-refractivity contribution in [3.63, 3.8) is 0 Å². The first kappa shape index (κ1) is 16.3. The fraction of sp³-hybridized carbons (Fsp3) is 0.533. The normalized spacial score (nSPS) is 10.2. The lowest BCUT2D eigenvalue weighted by Crippen LogP contribution is -2.27. The van der Waals surface area contributed by atoms with Gasteiger partial charge in [0.1, 0.15) is 0 Å². The van der Waals surface area contributed by atoms with Crippen LogP contribution in [0.3, 0.4) is 0 Å². The molecule has 0 saturated carbocycles. The Morgan fingerprint density at radius 1 is 1.25 bits per heavy atom. The lowest BCUT2D eigenvalue weighted by atomic mass is 10.2. The molecule has 0 bridgehead atoms. The molecule has 0 aliphatic heterocycles. The predicted molar refractivity (Wildman–Crippen MR) is 79.2 cm³/mol. The zero-order valence-corrected chi connectivity index (χ0v) is 12.5. The highest BCUT2D eigenvalue weighted by atomic mass is 16.5. The topological polar surface area (TPSA) is 59.6 Å². The van der Waals surface area contributed by atoms with Crippen molar-refractivity contribution in [2.45, 2.75) is 26.8 Å². The molecular formula is C15H24N2O3. The zero-order chi connectivity index (χ0) is 14.8. The van der Waals surface area contributed by atoms with Gasteiger partial charge in [0.15, 0.2) is 11.5 Å². The van der Waals surface area contributed by atoms with E-state index in [1.165, 1.54) is 0 Å². The van der Waals surface area contributed by atoms with Gasteiger partial charge in [0.25, 0.3) is 0 Å². The van der Waals surface area contributed by atoms with Crippen LogP contribution in [-0.2, 0) is 11.3 Å². The summed E-state index contributed by atoms with van der Waals surface area (Å²) in [5.74, 6) is 1.56. The van der Waals surface area contributed by atoms with Crippen LogP contribution in [0, 0.1) is 0 Å². The Morgan fingerprint density at radius 2 is 2.05 bits per heavy atom. The molecule has 0 spiro atoms. The monoisotopic (exact) mass is 280 g/mol. The molecule has 0 aromatic heterocycles. The molecule has 0 aliphatic carbocycles. The Kier molecular flexibility index (Phi) is 7.50. The molecule has 5 heteroatoms. The van der Waals surface area contributed by atoms with Gasteiger partial charge in [-0.25, -0.2) is 0 Å². The van der Waals surface area contributed by atoms with Crippen LogP contribution in [-0.4, -0.2) is 32.7 Å². The molecule has 0 aliphatic rings. The summed E-state index contributed by atoms with van der Waals surface area (Å²) in [6, 6.07) is 5.84. The summed E-state index contributed by atoms with van der Waals surface area (Å²) >= 11 is 0. The molecule has 0 radical (unpaired) electrons. The van der Waals surface area contributed by atoms with Gasteiger partial charge in [-0.1, -0.05) is 6.07 Å². The number of rotatable bonds is 9. The minimum atomic E-state index is 0.0738. The quantitative estimate of drug-likeness (QED) is 0.676. The minimum absolute atomic E-state index is 0.0738. The van der Waals surface area contributed by atoms with Gasteiger partial charge in [-0.2, -0.15) is 0 Å². The fourth-order valence-electron chi connectivity index (χ4n) is 1.82. The number of hydrogen-bond donors (Lipinski definition) is 2. The summed E-state index contributed by atoms with van der Waals surface area (Å²) in [5.41, 5.74) is 1.10. The van der Waals surface area contributed by atoms with Crippen LogP contribution in [0.15, 0.2) is 18.2 Å². The molecule has 0 atom stereocenters. The average Bonchev–Trinajstić information content (AvgIpc) is 2.44. The minimum Gasteiger partial charge on any atom is -0.493 e. The number of methoxy groups -OCH3 is 1. The van der Waals surface area contributed by atoms with E-state index in [2.05, 4.69) is 10.6 Å². The molecular weight excluding hydrogens is 256 g/mol. The van der Waals surface area contributed by atoms with Crippen LogP contribution in [0.2, 0.25) is 0 Å². The van der Waals surface area contributed by atoms with Crippen molar-refractivity contribution in [2.24, 2.45) is 0 Å². The highest BCUT2D eigenvalue weighted by Gasteiger charge is 2.05. The van der Waals surface area contributed by atoms with Gasteiger partial charge in [0.05, 0.1) is 13.7 Å². The van der Waals surface area contributed by atoms with E-state index in [0.29, 0.717) is 32.7 Å². The average molecular weight is 280 g/mol. The number of nitrogens with one attached hydrogen (secondary N) is 2. The van der Waals surface area contributed by atoms with Crippen LogP contribution < -0.4 is 20.1 Å². The van der Waals surface area contributed by atoms with Crippen LogP contribution in [0.5, 0.6) is 11.5 Å². The molecule has 0 heterocycles. The van der Waals surface area contributed by atoms with Crippen molar-refractivity contribution < 1.29 is 14.3 Å². The third-order valence-electron chi connectivity index (χ3n) is 2.76. The summed E-state index contributed by atoms with van der Waals surface area (Å²) < 4.78 is 10.8. The summed E-state index contributed by atoms with van der Waals surface area (Å²) in [5, 5.41) is 6.01. The zero-order valence-electron chi connectivity index (χ0n) is 12.5. The van der Waals surface area contributed by atoms with Crippen molar-refractivity contribution >= 4 is 5.91 Å². The van der Waals surface area contributed by atoms with E-state index in [-0.39, 0.29) is 5.91 Å². The van der Waals surface area contributed by atoms with E-state index in [9.17, 15) is 4.79 Å². The van der Waals surface area contributed by atoms with Crippen LogP contribution in [0.4, 0.5) is 0 Å². The molecule has 2 N–H and O–H groups in total. The SMILES string of the molecule is CCNC(=O)CCNCc1ccc(OC)c(OCC)c1. The number of hydrogen-bond acceptors (Lipinski definition) is 4. The molecule has 1 rings (SSSR count). The van der Waals surface area contributed by atoms with Gasteiger partial charge in [0.2, 0.25) is 5.91 Å². The van der Waals surface area contributed by atoms with Crippen molar-refractivity contribution in [3.8, 4) is 11.5 Å². The molecule has 5 nitrogen and oxygen atoms in total. The molecule has 1 aromatic carbocycles. The first-order chi connectivity index (χ1) is 9.71. The van der Waals surface area contributed by atoms with E-state index in [1.54, 1.807) is 7.11 Å². The van der Waals surface area contributed by atoms with E-state index < -0.39 is 0 Å². The second kappa shape index (κ2) is 9.20. The van der Waals surface area contributed by atoms with E-state index in [4.69, 9.17) is 9.47 Å². The van der Waals surface area contributed by atoms with Gasteiger partial charge in [-0.15, -0.1) is 0 Å². The van der Waals surface area contributed by atoms with E-state index in [1.807, 2.05) is 32.0 Å². The maximum Gasteiger partial charge on any atom is 0.221 e. The van der Waals surface area contributed by atoms with E-state index in [0.717, 1.165) is 17.1 Å². The van der Waals surface area contributed by atoms with Crippen molar-refractivity contribution in [1.29, 1.82) is 0 Å². The molecule has 1 amide bonds. The number of ether oxygens (including phenoxy) is 2. The number of benzene rings is 1. The predicted octanol–water partition coefficient (Wildman–Crippen LogP) is 1.71. The van der Waals surface area contributed by atoms with Gasteiger partial charge < -0.3 is 20.1 Å². The Hall–Kier alpha value is -1.75. The third-order valence-corrected chi connectivity index (χ3v) is 2.76. The van der Waals surface area contributed by atoms with Gasteiger partial charge in [0, 0.05) is 26.1 Å². The Balaban J connectivity index is 2.44. The van der Waals surface area contributed by atoms with Crippen LogP contribution in [0.25, 0.3) is 0 Å². The third kappa shape index (κ3) is 5.48.